The number of nitrogens with zero attached hydrogens (tertiary/aromatic N) is 4. The van der Waals surface area contributed by atoms with Gasteiger partial charge in [0.2, 0.25) is 0 Å². The molecule has 0 spiro atoms. The van der Waals surface area contributed by atoms with Gasteiger partial charge in [-0.15, -0.1) is 0 Å². The Hall–Kier alpha value is -3.87. The highest BCUT2D eigenvalue weighted by atomic mass is 16.5. The van der Waals surface area contributed by atoms with Crippen LogP contribution in [-0.4, -0.2) is 51.2 Å². The minimum Gasteiger partial charge on any atom is -0.490 e. The normalized spacial score (nSPS) is 14.4. The molecular weight excluding hydrogens is 416 g/mol. The summed E-state index contributed by atoms with van der Waals surface area (Å²) in [6, 6.07) is 19.6. The number of carbonyl (C=O) groups excluding carboxylic acids is 1. The third-order valence-electron chi connectivity index (χ3n) is 5.87. The molecule has 7 heteroatoms. The number of ether oxygens (including phenoxy) is 2. The van der Waals surface area contributed by atoms with Crippen molar-refractivity contribution in [2.75, 3.05) is 19.7 Å². The molecule has 0 aliphatic carbocycles. The minimum atomic E-state index is -0.0455. The third-order valence-corrected chi connectivity index (χ3v) is 5.87. The molecule has 4 aromatic rings. The molecule has 2 aromatic heterocycles. The lowest BCUT2D eigenvalue weighted by atomic mass is 10.1. The lowest BCUT2D eigenvalue weighted by molar-refractivity contribution is 0.0591. The summed E-state index contributed by atoms with van der Waals surface area (Å²) in [7, 11) is 0. The highest BCUT2D eigenvalue weighted by molar-refractivity contribution is 6.00. The van der Waals surface area contributed by atoms with Gasteiger partial charge in [-0.3, -0.25) is 4.79 Å². The smallest absolute Gasteiger partial charge is 0.259 e. The molecule has 33 heavy (non-hydrogen) atoms. The number of rotatable bonds is 6. The zero-order valence-corrected chi connectivity index (χ0v) is 18.6. The Labute approximate surface area is 192 Å². The average molecular weight is 443 g/mol. The van der Waals surface area contributed by atoms with Gasteiger partial charge in [0.1, 0.15) is 11.7 Å². The van der Waals surface area contributed by atoms with Crippen molar-refractivity contribution >= 4 is 11.6 Å². The van der Waals surface area contributed by atoms with E-state index < -0.39 is 0 Å². The van der Waals surface area contributed by atoms with Crippen molar-refractivity contribution in [3.8, 4) is 22.8 Å². The number of likely N-dealkylation sites (tertiary alicyclic amines) is 1. The summed E-state index contributed by atoms with van der Waals surface area (Å²) in [5.41, 5.74) is 3.02. The quantitative estimate of drug-likeness (QED) is 0.440. The number of hydrogen-bond acceptors (Lipinski definition) is 5. The van der Waals surface area contributed by atoms with Gasteiger partial charge in [0.05, 0.1) is 18.5 Å². The van der Waals surface area contributed by atoms with Crippen LogP contribution in [0, 0.1) is 0 Å². The SMILES string of the molecule is CCOc1ccccc1OC1CCN(C(=O)c2cnn3c(-c4ccccc4)ccnc23)CC1. The molecular formula is C26H26N4O3. The van der Waals surface area contributed by atoms with Crippen LogP contribution in [-0.2, 0) is 0 Å². The Kier molecular flexibility index (Phi) is 5.93. The van der Waals surface area contributed by atoms with Crippen LogP contribution in [0.25, 0.3) is 16.9 Å². The summed E-state index contributed by atoms with van der Waals surface area (Å²) < 4.78 is 13.6. The Bertz CT molecular complexity index is 1250. The van der Waals surface area contributed by atoms with Gasteiger partial charge in [0, 0.05) is 37.7 Å². The lowest BCUT2D eigenvalue weighted by Crippen LogP contribution is -2.41. The molecule has 2 aromatic carbocycles. The molecule has 0 unspecified atom stereocenters. The van der Waals surface area contributed by atoms with Crippen molar-refractivity contribution in [1.29, 1.82) is 0 Å². The standard InChI is InChI=1S/C26H26N4O3/c1-2-32-23-10-6-7-11-24(23)33-20-13-16-29(17-14-20)26(31)21-18-28-30-22(12-15-27-25(21)30)19-8-4-3-5-9-19/h3-12,15,18,20H,2,13-14,16-17H2,1H3. The van der Waals surface area contributed by atoms with E-state index in [2.05, 4.69) is 10.1 Å². The first-order valence-electron chi connectivity index (χ1n) is 11.3. The third kappa shape index (κ3) is 4.26. The van der Waals surface area contributed by atoms with Crippen molar-refractivity contribution in [2.24, 2.45) is 0 Å². The number of para-hydroxylation sites is 2. The Morgan fingerprint density at radius 1 is 1.00 bits per heavy atom. The molecule has 5 rings (SSSR count). The number of aromatic nitrogens is 3. The van der Waals surface area contributed by atoms with Crippen molar-refractivity contribution in [2.45, 2.75) is 25.9 Å². The molecule has 0 bridgehead atoms. The van der Waals surface area contributed by atoms with Crippen molar-refractivity contribution in [3.63, 3.8) is 0 Å². The van der Waals surface area contributed by atoms with Gasteiger partial charge in [-0.2, -0.15) is 5.10 Å². The van der Waals surface area contributed by atoms with Crippen LogP contribution in [0.2, 0.25) is 0 Å². The lowest BCUT2D eigenvalue weighted by Gasteiger charge is -2.32. The number of fused-ring (bicyclic) bond motifs is 1. The van der Waals surface area contributed by atoms with Gasteiger partial charge in [-0.1, -0.05) is 42.5 Å². The number of hydrogen-bond donors (Lipinski definition) is 0. The van der Waals surface area contributed by atoms with E-state index in [0.29, 0.717) is 30.9 Å². The molecule has 0 atom stereocenters. The first kappa shape index (κ1) is 21.0. The first-order chi connectivity index (χ1) is 16.2. The number of benzene rings is 2. The van der Waals surface area contributed by atoms with Crippen LogP contribution in [0.5, 0.6) is 11.5 Å². The first-order valence-corrected chi connectivity index (χ1v) is 11.3. The molecule has 1 fully saturated rings. The maximum absolute atomic E-state index is 13.3. The van der Waals surface area contributed by atoms with E-state index in [1.165, 1.54) is 0 Å². The van der Waals surface area contributed by atoms with Gasteiger partial charge < -0.3 is 14.4 Å². The van der Waals surface area contributed by atoms with Crippen LogP contribution < -0.4 is 9.47 Å². The highest BCUT2D eigenvalue weighted by Crippen LogP contribution is 2.30. The van der Waals surface area contributed by atoms with E-state index in [4.69, 9.17) is 9.47 Å². The Morgan fingerprint density at radius 2 is 1.73 bits per heavy atom. The van der Waals surface area contributed by atoms with Crippen molar-refractivity contribution < 1.29 is 14.3 Å². The summed E-state index contributed by atoms with van der Waals surface area (Å²) in [6.07, 6.45) is 4.91. The topological polar surface area (TPSA) is 69.0 Å². The van der Waals surface area contributed by atoms with E-state index >= 15 is 0 Å². The van der Waals surface area contributed by atoms with E-state index in [-0.39, 0.29) is 12.0 Å². The fourth-order valence-corrected chi connectivity index (χ4v) is 4.22. The van der Waals surface area contributed by atoms with Crippen molar-refractivity contribution in [1.82, 2.24) is 19.5 Å². The Morgan fingerprint density at radius 3 is 2.48 bits per heavy atom. The average Bonchev–Trinajstić information content (AvgIpc) is 3.30. The summed E-state index contributed by atoms with van der Waals surface area (Å²) in [5.74, 6) is 1.46. The second kappa shape index (κ2) is 9.32. The largest absolute Gasteiger partial charge is 0.490 e. The molecule has 1 aliphatic heterocycles. The number of piperidine rings is 1. The predicted molar refractivity (Wildman–Crippen MR) is 126 cm³/mol. The maximum atomic E-state index is 13.3. The molecule has 3 heterocycles. The predicted octanol–water partition coefficient (Wildman–Crippen LogP) is 4.48. The van der Waals surface area contributed by atoms with Crippen LogP contribution in [0.3, 0.4) is 0 Å². The summed E-state index contributed by atoms with van der Waals surface area (Å²) in [6.45, 7) is 3.79. The fourth-order valence-electron chi connectivity index (χ4n) is 4.22. The van der Waals surface area contributed by atoms with Crippen LogP contribution in [0.4, 0.5) is 0 Å². The van der Waals surface area contributed by atoms with E-state index in [1.807, 2.05) is 72.5 Å². The maximum Gasteiger partial charge on any atom is 0.259 e. The molecule has 1 amide bonds. The molecule has 168 valence electrons. The van der Waals surface area contributed by atoms with Gasteiger partial charge in [0.25, 0.3) is 5.91 Å². The zero-order chi connectivity index (χ0) is 22.6. The second-order valence-electron chi connectivity index (χ2n) is 7.98. The van der Waals surface area contributed by atoms with Crippen LogP contribution in [0.15, 0.2) is 73.1 Å². The summed E-state index contributed by atoms with van der Waals surface area (Å²) >= 11 is 0. The summed E-state index contributed by atoms with van der Waals surface area (Å²) in [5, 5.41) is 4.48. The van der Waals surface area contributed by atoms with Gasteiger partial charge in [-0.05, 0) is 25.1 Å². The molecule has 1 saturated heterocycles. The van der Waals surface area contributed by atoms with Gasteiger partial charge in [0.15, 0.2) is 17.1 Å². The Balaban J connectivity index is 1.29. The van der Waals surface area contributed by atoms with E-state index in [9.17, 15) is 4.79 Å². The van der Waals surface area contributed by atoms with E-state index in [1.54, 1.807) is 16.9 Å². The number of amides is 1. The molecule has 0 radical (unpaired) electrons. The van der Waals surface area contributed by atoms with Gasteiger partial charge in [-0.25, -0.2) is 9.50 Å². The van der Waals surface area contributed by atoms with Crippen LogP contribution in [0.1, 0.15) is 30.1 Å². The molecule has 0 saturated carbocycles. The summed E-state index contributed by atoms with van der Waals surface area (Å²) in [4.78, 5) is 19.6. The molecule has 0 N–H and O–H groups in total. The minimum absolute atomic E-state index is 0.0439. The second-order valence-corrected chi connectivity index (χ2v) is 7.98. The highest BCUT2D eigenvalue weighted by Gasteiger charge is 2.27. The zero-order valence-electron chi connectivity index (χ0n) is 18.6. The van der Waals surface area contributed by atoms with Gasteiger partial charge >= 0.3 is 0 Å². The molecule has 7 nitrogen and oxygen atoms in total. The fraction of sp³-hybridized carbons (Fsp3) is 0.269. The van der Waals surface area contributed by atoms with Crippen LogP contribution >= 0.6 is 0 Å². The number of carbonyl (C=O) groups is 1. The monoisotopic (exact) mass is 442 g/mol. The van der Waals surface area contributed by atoms with E-state index in [0.717, 1.165) is 35.6 Å². The molecule has 1 aliphatic rings. The van der Waals surface area contributed by atoms with Crippen molar-refractivity contribution in [3.05, 3.63) is 78.6 Å².